The lowest BCUT2D eigenvalue weighted by molar-refractivity contribution is -0.126. The van der Waals surface area contributed by atoms with Gasteiger partial charge in [-0.05, 0) is 37.1 Å². The van der Waals surface area contributed by atoms with Crippen LogP contribution in [0.25, 0.3) is 0 Å². The van der Waals surface area contributed by atoms with Gasteiger partial charge >= 0.3 is 0 Å². The van der Waals surface area contributed by atoms with Crippen molar-refractivity contribution in [2.24, 2.45) is 23.7 Å². The van der Waals surface area contributed by atoms with E-state index in [1.54, 1.807) is 0 Å². The van der Waals surface area contributed by atoms with Gasteiger partial charge in [-0.25, -0.2) is 0 Å². The smallest absolute Gasteiger partial charge is 0.224 e. The highest BCUT2D eigenvalue weighted by atomic mass is 16.2. The fourth-order valence-corrected chi connectivity index (χ4v) is 3.59. The highest BCUT2D eigenvalue weighted by molar-refractivity contribution is 5.79. The minimum atomic E-state index is 0.180. The van der Waals surface area contributed by atoms with Crippen LogP contribution >= 0.6 is 0 Å². The van der Waals surface area contributed by atoms with Crippen LogP contribution < -0.4 is 10.6 Å². The van der Waals surface area contributed by atoms with Gasteiger partial charge in [0, 0.05) is 12.6 Å². The van der Waals surface area contributed by atoms with Crippen LogP contribution in [0.3, 0.4) is 0 Å². The van der Waals surface area contributed by atoms with Gasteiger partial charge in [0.1, 0.15) is 0 Å². The van der Waals surface area contributed by atoms with Crippen LogP contribution in [0.4, 0.5) is 0 Å². The summed E-state index contributed by atoms with van der Waals surface area (Å²) in [5.41, 5.74) is 0. The quantitative estimate of drug-likeness (QED) is 0.808. The molecule has 1 heterocycles. The first-order valence-electron chi connectivity index (χ1n) is 7.60. The molecule has 18 heavy (non-hydrogen) atoms. The summed E-state index contributed by atoms with van der Waals surface area (Å²) in [6.07, 6.45) is 5.05. The number of rotatable bonds is 3. The zero-order valence-corrected chi connectivity index (χ0v) is 12.0. The predicted octanol–water partition coefficient (Wildman–Crippen LogP) is 2.17. The number of carbonyl (C=O) groups excluding carboxylic acids is 1. The number of carbonyl (C=O) groups is 1. The Bertz CT molecular complexity index is 290. The molecule has 2 N–H and O–H groups in total. The van der Waals surface area contributed by atoms with Gasteiger partial charge in [-0.1, -0.05) is 33.6 Å². The molecule has 0 aromatic rings. The van der Waals surface area contributed by atoms with Crippen LogP contribution in [0.5, 0.6) is 0 Å². The zero-order valence-electron chi connectivity index (χ0n) is 12.0. The zero-order chi connectivity index (χ0) is 13.1. The lowest BCUT2D eigenvalue weighted by atomic mass is 9.77. The van der Waals surface area contributed by atoms with Crippen molar-refractivity contribution in [2.75, 3.05) is 13.1 Å². The van der Waals surface area contributed by atoms with Crippen molar-refractivity contribution in [3.8, 4) is 0 Å². The molecule has 0 aromatic heterocycles. The molecule has 2 unspecified atom stereocenters. The molecule has 0 aromatic carbocycles. The van der Waals surface area contributed by atoms with E-state index < -0.39 is 0 Å². The average Bonchev–Trinajstić information content (AvgIpc) is 2.76. The molecule has 3 nitrogen and oxygen atoms in total. The Morgan fingerprint density at radius 1 is 1.22 bits per heavy atom. The van der Waals surface area contributed by atoms with Gasteiger partial charge in [-0.15, -0.1) is 0 Å². The normalized spacial score (nSPS) is 36.9. The molecule has 0 spiro atoms. The molecule has 2 aliphatic rings. The fraction of sp³-hybridized carbons (Fsp3) is 0.933. The Balaban J connectivity index is 1.92. The molecular formula is C15H28N2O. The monoisotopic (exact) mass is 252 g/mol. The number of amides is 1. The molecule has 0 bridgehead atoms. The maximum atomic E-state index is 12.3. The second-order valence-electron chi connectivity index (χ2n) is 6.55. The molecule has 0 radical (unpaired) electrons. The summed E-state index contributed by atoms with van der Waals surface area (Å²) < 4.78 is 0. The minimum absolute atomic E-state index is 0.180. The molecule has 1 aliphatic heterocycles. The van der Waals surface area contributed by atoms with Crippen molar-refractivity contribution in [3.05, 3.63) is 0 Å². The molecule has 1 saturated heterocycles. The largest absolute Gasteiger partial charge is 0.353 e. The van der Waals surface area contributed by atoms with Crippen molar-refractivity contribution < 1.29 is 4.79 Å². The molecule has 2 fully saturated rings. The topological polar surface area (TPSA) is 41.1 Å². The van der Waals surface area contributed by atoms with Crippen LogP contribution in [-0.4, -0.2) is 25.0 Å². The van der Waals surface area contributed by atoms with Crippen molar-refractivity contribution in [1.82, 2.24) is 10.6 Å². The van der Waals surface area contributed by atoms with Gasteiger partial charge in [-0.3, -0.25) is 4.79 Å². The first-order chi connectivity index (χ1) is 8.59. The van der Waals surface area contributed by atoms with Crippen LogP contribution in [0.15, 0.2) is 0 Å². The van der Waals surface area contributed by atoms with E-state index in [-0.39, 0.29) is 11.8 Å². The van der Waals surface area contributed by atoms with E-state index in [0.29, 0.717) is 23.8 Å². The third-order valence-corrected chi connectivity index (χ3v) is 4.86. The summed E-state index contributed by atoms with van der Waals surface area (Å²) in [5, 5.41) is 6.66. The van der Waals surface area contributed by atoms with E-state index in [2.05, 4.69) is 31.4 Å². The van der Waals surface area contributed by atoms with Gasteiger partial charge in [0.2, 0.25) is 5.91 Å². The molecular weight excluding hydrogens is 224 g/mol. The number of hydrogen-bond acceptors (Lipinski definition) is 2. The molecule has 3 heteroatoms. The van der Waals surface area contributed by atoms with Gasteiger partial charge < -0.3 is 10.6 Å². The summed E-state index contributed by atoms with van der Waals surface area (Å²) in [5.74, 6) is 2.29. The summed E-state index contributed by atoms with van der Waals surface area (Å²) in [4.78, 5) is 12.3. The van der Waals surface area contributed by atoms with E-state index in [1.807, 2.05) is 0 Å². The maximum Gasteiger partial charge on any atom is 0.224 e. The van der Waals surface area contributed by atoms with E-state index >= 15 is 0 Å². The van der Waals surface area contributed by atoms with Crippen LogP contribution in [0, 0.1) is 23.7 Å². The first kappa shape index (κ1) is 13.9. The first-order valence-corrected chi connectivity index (χ1v) is 7.60. The Morgan fingerprint density at radius 2 is 1.94 bits per heavy atom. The van der Waals surface area contributed by atoms with Gasteiger partial charge in [0.25, 0.3) is 0 Å². The SMILES string of the molecule is CC(C)C1CCCCC1NC(=O)[C@@H]1CNC[C@H]1C. The van der Waals surface area contributed by atoms with E-state index in [4.69, 9.17) is 0 Å². The summed E-state index contributed by atoms with van der Waals surface area (Å²) in [7, 11) is 0. The second kappa shape index (κ2) is 6.05. The standard InChI is InChI=1S/C15H28N2O/c1-10(2)12-6-4-5-7-14(12)17-15(18)13-9-16-8-11(13)3/h10-14,16H,4-9H2,1-3H3,(H,17,18)/t11-,12?,13-,14?/m1/s1. The average molecular weight is 252 g/mol. The van der Waals surface area contributed by atoms with Crippen molar-refractivity contribution in [1.29, 1.82) is 0 Å². The maximum absolute atomic E-state index is 12.3. The Morgan fingerprint density at radius 3 is 2.56 bits per heavy atom. The van der Waals surface area contributed by atoms with Gasteiger partial charge in [-0.2, -0.15) is 0 Å². The van der Waals surface area contributed by atoms with Gasteiger partial charge in [0.15, 0.2) is 0 Å². The third kappa shape index (κ3) is 3.05. The molecule has 104 valence electrons. The van der Waals surface area contributed by atoms with Crippen molar-refractivity contribution >= 4 is 5.91 Å². The lowest BCUT2D eigenvalue weighted by Gasteiger charge is -2.35. The lowest BCUT2D eigenvalue weighted by Crippen LogP contribution is -2.47. The molecule has 1 aliphatic carbocycles. The van der Waals surface area contributed by atoms with E-state index in [1.165, 1.54) is 25.7 Å². The van der Waals surface area contributed by atoms with Gasteiger partial charge in [0.05, 0.1) is 5.92 Å². The Labute approximate surface area is 111 Å². The molecule has 1 saturated carbocycles. The second-order valence-corrected chi connectivity index (χ2v) is 6.55. The Hall–Kier alpha value is -0.570. The predicted molar refractivity (Wildman–Crippen MR) is 74.3 cm³/mol. The molecule has 1 amide bonds. The summed E-state index contributed by atoms with van der Waals surface area (Å²) >= 11 is 0. The highest BCUT2D eigenvalue weighted by Crippen LogP contribution is 2.30. The van der Waals surface area contributed by atoms with Crippen LogP contribution in [0.2, 0.25) is 0 Å². The summed E-state index contributed by atoms with van der Waals surface area (Å²) in [6, 6.07) is 0.416. The molecule has 4 atom stereocenters. The highest BCUT2D eigenvalue weighted by Gasteiger charge is 2.34. The molecule has 2 rings (SSSR count). The minimum Gasteiger partial charge on any atom is -0.353 e. The van der Waals surface area contributed by atoms with Crippen LogP contribution in [0.1, 0.15) is 46.5 Å². The Kier molecular flexibility index (Phi) is 4.66. The summed E-state index contributed by atoms with van der Waals surface area (Å²) in [6.45, 7) is 8.58. The third-order valence-electron chi connectivity index (χ3n) is 4.86. The van der Waals surface area contributed by atoms with Crippen molar-refractivity contribution in [2.45, 2.75) is 52.5 Å². The van der Waals surface area contributed by atoms with E-state index in [9.17, 15) is 4.79 Å². The fourth-order valence-electron chi connectivity index (χ4n) is 3.59. The number of hydrogen-bond donors (Lipinski definition) is 2. The van der Waals surface area contributed by atoms with Crippen LogP contribution in [-0.2, 0) is 4.79 Å². The van der Waals surface area contributed by atoms with E-state index in [0.717, 1.165) is 13.1 Å². The number of nitrogens with one attached hydrogen (secondary N) is 2. The van der Waals surface area contributed by atoms with Crippen molar-refractivity contribution in [3.63, 3.8) is 0 Å².